The number of fused-ring (bicyclic) bond motifs is 4. The summed E-state index contributed by atoms with van der Waals surface area (Å²) >= 11 is 0. The number of phenols is 1. The summed E-state index contributed by atoms with van der Waals surface area (Å²) < 4.78 is 21.3. The summed E-state index contributed by atoms with van der Waals surface area (Å²) in [6.07, 6.45) is 3.32. The van der Waals surface area contributed by atoms with E-state index >= 15 is 0 Å². The van der Waals surface area contributed by atoms with Gasteiger partial charge in [-0.3, -0.25) is 24.4 Å². The second kappa shape index (κ2) is 23.6. The molecule has 0 spiro atoms. The maximum Gasteiger partial charge on any atom is 0.335 e. The number of hydrogen-bond donors (Lipinski definition) is 8. The van der Waals surface area contributed by atoms with Crippen LogP contribution in [0.3, 0.4) is 0 Å². The molecule has 1 aliphatic heterocycles. The molecule has 8 rings (SSSR count). The van der Waals surface area contributed by atoms with Crippen molar-refractivity contribution in [3.8, 4) is 17.2 Å². The fourth-order valence-corrected chi connectivity index (χ4v) is 8.29. The van der Waals surface area contributed by atoms with E-state index in [9.17, 15) is 64.0 Å². The summed E-state index contributed by atoms with van der Waals surface area (Å²) in [6, 6.07) is 6.26. The second-order valence-corrected chi connectivity index (χ2v) is 16.7. The molecule has 386 valence electrons. The zero-order valence-corrected chi connectivity index (χ0v) is 39.8. The Labute approximate surface area is 413 Å². The number of Topliss-reactive ketones (excluding diaryl/α,β-unsaturated/α-hetero) is 1. The highest BCUT2D eigenvalue weighted by atomic mass is 16.5. The van der Waals surface area contributed by atoms with E-state index in [0.29, 0.717) is 58.9 Å². The van der Waals surface area contributed by atoms with Gasteiger partial charge in [0.1, 0.15) is 28.3 Å². The first-order valence-electron chi connectivity index (χ1n) is 21.8. The third-order valence-electron chi connectivity index (χ3n) is 12.0. The van der Waals surface area contributed by atoms with Gasteiger partial charge in [0, 0.05) is 14.2 Å². The Morgan fingerprint density at radius 2 is 1.05 bits per heavy atom. The van der Waals surface area contributed by atoms with Crippen molar-refractivity contribution >= 4 is 80.8 Å². The third-order valence-corrected chi connectivity index (χ3v) is 12.0. The van der Waals surface area contributed by atoms with Crippen molar-refractivity contribution in [2.45, 2.75) is 69.9 Å². The van der Waals surface area contributed by atoms with E-state index in [0.717, 1.165) is 17.5 Å². The Kier molecular flexibility index (Phi) is 17.9. The molecule has 0 radical (unpaired) electrons. The summed E-state index contributed by atoms with van der Waals surface area (Å²) in [7, 11) is 5.85. The maximum absolute atomic E-state index is 11.4. The zero-order chi connectivity index (χ0) is 54.2. The number of aliphatic carboxylic acids is 3. The second-order valence-electron chi connectivity index (χ2n) is 16.7. The van der Waals surface area contributed by atoms with Gasteiger partial charge >= 0.3 is 35.8 Å². The number of phenolic OH excluding ortho intramolecular Hbond substituents is 1. The van der Waals surface area contributed by atoms with Crippen LogP contribution in [0.5, 0.6) is 17.2 Å². The zero-order valence-electron chi connectivity index (χ0n) is 39.8. The molecule has 7 atom stereocenters. The van der Waals surface area contributed by atoms with E-state index in [1.54, 1.807) is 6.92 Å². The summed E-state index contributed by atoms with van der Waals surface area (Å²) in [5.74, 6) is -7.22. The van der Waals surface area contributed by atoms with Gasteiger partial charge in [0.05, 0.1) is 101 Å². The smallest absolute Gasteiger partial charge is 0.335 e. The lowest BCUT2D eigenvalue weighted by Gasteiger charge is -2.40. The van der Waals surface area contributed by atoms with E-state index in [-0.39, 0.29) is 75.3 Å². The minimum absolute atomic E-state index is 0.00845. The number of aromatic carboxylic acids is 3. The van der Waals surface area contributed by atoms with E-state index in [1.807, 2.05) is 0 Å². The number of nitrogens with two attached hydrogens (primary N) is 1. The lowest BCUT2D eigenvalue weighted by Crippen LogP contribution is -2.51. The normalized spacial score (nSPS) is 21.7. The minimum atomic E-state index is -1.16. The van der Waals surface area contributed by atoms with Gasteiger partial charge in [0.2, 0.25) is 0 Å². The van der Waals surface area contributed by atoms with E-state index in [2.05, 4.69) is 15.1 Å². The molecule has 4 aromatic rings. The molecule has 0 bridgehead atoms. The predicted octanol–water partition coefficient (Wildman–Crippen LogP) is 4.49. The van der Waals surface area contributed by atoms with E-state index in [1.165, 1.54) is 77.8 Å². The minimum Gasteiger partial charge on any atom is -0.505 e. The Hall–Kier alpha value is -8.55. The van der Waals surface area contributed by atoms with Gasteiger partial charge in [-0.15, -0.1) is 4.91 Å². The van der Waals surface area contributed by atoms with Crippen molar-refractivity contribution in [2.24, 2.45) is 32.7 Å². The highest BCUT2D eigenvalue weighted by Gasteiger charge is 2.45. The monoisotopic (exact) mass is 1010 g/mol. The van der Waals surface area contributed by atoms with Crippen molar-refractivity contribution in [3.05, 3.63) is 86.9 Å². The molecule has 25 nitrogen and oxygen atoms in total. The third kappa shape index (κ3) is 12.7. The maximum atomic E-state index is 11.4. The topological polar surface area (TPSA) is 404 Å². The molecule has 73 heavy (non-hydrogen) atoms. The Bertz CT molecular complexity index is 2900. The number of aromatic nitrogens is 2. The number of benzene rings is 3. The molecule has 3 aliphatic carbocycles. The number of ether oxygens (including phenoxy) is 4. The summed E-state index contributed by atoms with van der Waals surface area (Å²) in [5.41, 5.74) is 8.61. The summed E-state index contributed by atoms with van der Waals surface area (Å²) in [5, 5.41) is 65.9. The number of carbonyl (C=O) groups is 7. The van der Waals surface area contributed by atoms with Gasteiger partial charge < -0.3 is 60.4 Å². The van der Waals surface area contributed by atoms with Crippen molar-refractivity contribution in [1.82, 2.24) is 9.97 Å². The molecule has 0 amide bonds. The molecule has 25 heteroatoms. The van der Waals surface area contributed by atoms with E-state index < -0.39 is 53.7 Å². The lowest BCUT2D eigenvalue weighted by atomic mass is 9.77. The number of aliphatic imine (C=N–C) groups is 2. The Morgan fingerprint density at radius 1 is 0.630 bits per heavy atom. The molecule has 7 unspecified atom stereocenters. The molecule has 9 N–H and O–H groups in total. The number of carboxylic acids is 6. The van der Waals surface area contributed by atoms with Crippen molar-refractivity contribution < 1.29 is 88.3 Å². The fraction of sp³-hybridized carbons (Fsp3) is 0.354. The molecule has 2 saturated carbocycles. The first-order chi connectivity index (χ1) is 34.5. The van der Waals surface area contributed by atoms with E-state index in [4.69, 9.17) is 44.9 Å². The SMILES string of the molecule is CC1=CC(C(=O)O)=CC(N)C1=O.COC1CC(C(=O)O)CC2N=C3C(CC(C(=O)O)CC3OC)N=C21.COc1cc(C(=O)O)cc2nc3c(OC)cc(C(=O)O)cc3nc12.Cc1cc(C(=O)O)cc(N=O)c1O. The number of nitrogens with zero attached hydrogens (tertiary/aromatic N) is 5. The molecule has 4 aliphatic rings. The Morgan fingerprint density at radius 3 is 1.40 bits per heavy atom. The molecule has 0 saturated heterocycles. The first-order valence-corrected chi connectivity index (χ1v) is 21.8. The van der Waals surface area contributed by atoms with Crippen LogP contribution in [0.15, 0.2) is 74.9 Å². The highest BCUT2D eigenvalue weighted by molar-refractivity contribution is 6.07. The highest BCUT2D eigenvalue weighted by Crippen LogP contribution is 2.36. The van der Waals surface area contributed by atoms with Gasteiger partial charge in [0.15, 0.2) is 11.5 Å². The van der Waals surface area contributed by atoms with Gasteiger partial charge in [-0.05, 0) is 104 Å². The van der Waals surface area contributed by atoms with Gasteiger partial charge in [-0.25, -0.2) is 29.1 Å². The Balaban J connectivity index is 0.000000189. The molecular weight excluding hydrogens is 965 g/mol. The van der Waals surface area contributed by atoms with Crippen LogP contribution >= 0.6 is 0 Å². The molecule has 2 heterocycles. The van der Waals surface area contributed by atoms with Crippen LogP contribution in [0.4, 0.5) is 5.69 Å². The van der Waals surface area contributed by atoms with Crippen LogP contribution in [0.2, 0.25) is 0 Å². The van der Waals surface area contributed by atoms with Crippen LogP contribution in [0, 0.1) is 23.7 Å². The summed E-state index contributed by atoms with van der Waals surface area (Å²) in [6.45, 7) is 3.05. The fourth-order valence-electron chi connectivity index (χ4n) is 8.29. The molecule has 2 fully saturated rings. The average Bonchev–Trinajstić information content (AvgIpc) is 3.36. The number of carboxylic acid groups (broad SMARTS) is 6. The van der Waals surface area contributed by atoms with Gasteiger partial charge in [0.25, 0.3) is 0 Å². The van der Waals surface area contributed by atoms with Gasteiger partial charge in [-0.2, -0.15) is 0 Å². The van der Waals surface area contributed by atoms with Crippen LogP contribution < -0.4 is 15.2 Å². The lowest BCUT2D eigenvalue weighted by molar-refractivity contribution is -0.144. The molecule has 3 aromatic carbocycles. The number of aryl methyl sites for hydroxylation is 1. The van der Waals surface area contributed by atoms with Crippen LogP contribution in [0.1, 0.15) is 69.2 Å². The number of nitroso groups, excluding NO2 is 1. The number of ketones is 1. The largest absolute Gasteiger partial charge is 0.505 e. The number of aromatic hydroxyl groups is 1. The van der Waals surface area contributed by atoms with Crippen LogP contribution in [-0.2, 0) is 28.7 Å². The van der Waals surface area contributed by atoms with Crippen molar-refractivity contribution in [3.63, 3.8) is 0 Å². The molecule has 1 aromatic heterocycles. The van der Waals surface area contributed by atoms with Crippen LogP contribution in [-0.4, -0.2) is 158 Å². The average molecular weight is 1010 g/mol. The predicted molar refractivity (Wildman–Crippen MR) is 257 cm³/mol. The molecular formula is C48H50N6O19. The quantitative estimate of drug-likeness (QED) is 0.0758. The standard InChI is InChI=1S/C16H22N2O6.C16H12N2O6.C8H7NO4.C8H9NO3/c2*1-23-11-5-7(15(19)20)3-9-13(11)17-10-4-8(16(21)22)6-12(24-2)14(10)18-9;1-4-2-5(8(11)12)3-6(9-13)7(4)10;1-4-2-5(8(11)12)3-6(9)7(4)10/h7-12H,3-6H2,1-2H3,(H,19,20)(H,21,22);3-6H,1-2H3,(H,19,20)(H,21,22);2-3,10H,1H3,(H,11,12);2-3,6H,9H2,1H3,(H,11,12). The number of hydrogen-bond acceptors (Lipinski definition) is 19. The number of methoxy groups -OCH3 is 4. The van der Waals surface area contributed by atoms with Crippen molar-refractivity contribution in [2.75, 3.05) is 28.4 Å². The number of rotatable bonds is 11. The first kappa shape index (κ1) is 55.4. The van der Waals surface area contributed by atoms with Crippen molar-refractivity contribution in [1.29, 1.82) is 0 Å². The summed E-state index contributed by atoms with van der Waals surface area (Å²) in [4.78, 5) is 106. The van der Waals surface area contributed by atoms with Gasteiger partial charge in [-0.1, -0.05) is 0 Å². The number of carbonyl (C=O) groups excluding carboxylic acids is 1. The van der Waals surface area contributed by atoms with Crippen LogP contribution in [0.25, 0.3) is 22.1 Å².